The molecule has 0 spiro atoms. The van der Waals surface area contributed by atoms with Crippen LogP contribution in [0.15, 0.2) is 12.4 Å². The van der Waals surface area contributed by atoms with Crippen molar-refractivity contribution in [2.24, 2.45) is 0 Å². The minimum Gasteiger partial charge on any atom is -0.480 e. The maximum atomic E-state index is 10.8. The largest absolute Gasteiger partial charge is 0.480 e. The Morgan fingerprint density at radius 3 is 2.78 bits per heavy atom. The van der Waals surface area contributed by atoms with Crippen molar-refractivity contribution in [1.29, 1.82) is 0 Å². The van der Waals surface area contributed by atoms with Gasteiger partial charge in [0.05, 0.1) is 12.7 Å². The predicted octanol–water partition coefficient (Wildman–Crippen LogP) is -0.630. The molecule has 0 aliphatic carbocycles. The number of nitrogens with one attached hydrogen (secondary N) is 2. The van der Waals surface area contributed by atoms with E-state index in [1.54, 1.807) is 10.9 Å². The fourth-order valence-electron chi connectivity index (χ4n) is 1.47. The zero-order valence-electron chi connectivity index (χ0n) is 10.5. The molecule has 1 heterocycles. The molecule has 1 atom stereocenters. The quantitative estimate of drug-likeness (QED) is 0.563. The topological polar surface area (TPSA) is 96.3 Å². The number of aliphatic carboxylic acids is 1. The molecule has 0 fully saturated rings. The van der Waals surface area contributed by atoms with Gasteiger partial charge < -0.3 is 15.7 Å². The Bertz CT molecular complexity index is 416. The number of carboxylic acid groups (broad SMARTS) is 1. The van der Waals surface area contributed by atoms with Gasteiger partial charge in [0.1, 0.15) is 6.04 Å². The fraction of sp³-hybridized carbons (Fsp3) is 0.545. The van der Waals surface area contributed by atoms with Gasteiger partial charge in [-0.15, -0.1) is 0 Å². The highest BCUT2D eigenvalue weighted by Gasteiger charge is 2.17. The number of carboxylic acids is 1. The molecular weight excluding hydrogens is 236 g/mol. The van der Waals surface area contributed by atoms with Gasteiger partial charge in [-0.25, -0.2) is 4.79 Å². The second kappa shape index (κ2) is 6.75. The van der Waals surface area contributed by atoms with E-state index in [9.17, 15) is 9.59 Å². The number of nitrogens with zero attached hydrogens (tertiary/aromatic N) is 2. The van der Waals surface area contributed by atoms with Crippen LogP contribution < -0.4 is 10.6 Å². The van der Waals surface area contributed by atoms with Crippen molar-refractivity contribution >= 4 is 11.9 Å². The molecule has 7 nitrogen and oxygen atoms in total. The second-order valence-corrected chi connectivity index (χ2v) is 4.08. The number of rotatable bonds is 7. The highest BCUT2D eigenvalue weighted by atomic mass is 16.4. The van der Waals surface area contributed by atoms with Crippen molar-refractivity contribution < 1.29 is 14.7 Å². The Labute approximate surface area is 105 Å². The number of hydrogen-bond donors (Lipinski definition) is 3. The van der Waals surface area contributed by atoms with E-state index in [0.29, 0.717) is 13.1 Å². The lowest BCUT2D eigenvalue weighted by atomic mass is 10.3. The molecule has 1 unspecified atom stereocenters. The van der Waals surface area contributed by atoms with Crippen LogP contribution >= 0.6 is 0 Å². The maximum Gasteiger partial charge on any atom is 0.327 e. The third-order valence-corrected chi connectivity index (χ3v) is 2.30. The van der Waals surface area contributed by atoms with Gasteiger partial charge in [0.25, 0.3) is 0 Å². The molecule has 1 aromatic rings. The van der Waals surface area contributed by atoms with Crippen LogP contribution in [0.1, 0.15) is 12.5 Å². The lowest BCUT2D eigenvalue weighted by Gasteiger charge is -2.13. The van der Waals surface area contributed by atoms with E-state index in [0.717, 1.165) is 5.56 Å². The average molecular weight is 254 g/mol. The number of carbonyl (C=O) groups excluding carboxylic acids is 1. The Hall–Kier alpha value is -1.89. The Kier molecular flexibility index (Phi) is 5.31. The zero-order valence-corrected chi connectivity index (χ0v) is 10.5. The summed E-state index contributed by atoms with van der Waals surface area (Å²) in [6.45, 7) is 4.68. The lowest BCUT2D eigenvalue weighted by Crippen LogP contribution is -2.46. The lowest BCUT2D eigenvalue weighted by molar-refractivity contribution is -0.141. The third-order valence-electron chi connectivity index (χ3n) is 2.30. The van der Waals surface area contributed by atoms with Crippen LogP contribution in [-0.4, -0.2) is 45.9 Å². The van der Waals surface area contributed by atoms with Crippen molar-refractivity contribution in [2.75, 3.05) is 13.1 Å². The summed E-state index contributed by atoms with van der Waals surface area (Å²) in [5.74, 6) is -1.40. The Balaban J connectivity index is 2.26. The molecule has 3 N–H and O–H groups in total. The molecule has 0 saturated heterocycles. The third kappa shape index (κ3) is 4.96. The molecule has 0 aliphatic rings. The number of carbonyl (C=O) groups is 2. The van der Waals surface area contributed by atoms with Gasteiger partial charge in [-0.1, -0.05) is 0 Å². The summed E-state index contributed by atoms with van der Waals surface area (Å²) in [4.78, 5) is 21.6. The number of aromatic nitrogens is 2. The smallest absolute Gasteiger partial charge is 0.327 e. The van der Waals surface area contributed by atoms with E-state index in [1.165, 1.54) is 6.92 Å². The van der Waals surface area contributed by atoms with E-state index in [4.69, 9.17) is 5.11 Å². The molecule has 0 aliphatic heterocycles. The molecule has 0 bridgehead atoms. The Morgan fingerprint density at radius 1 is 1.56 bits per heavy atom. The van der Waals surface area contributed by atoms with Gasteiger partial charge in [-0.2, -0.15) is 5.10 Å². The van der Waals surface area contributed by atoms with Gasteiger partial charge in [0.2, 0.25) is 5.91 Å². The average Bonchev–Trinajstić information content (AvgIpc) is 2.68. The van der Waals surface area contributed by atoms with Crippen LogP contribution in [0.5, 0.6) is 0 Å². The van der Waals surface area contributed by atoms with E-state index < -0.39 is 12.0 Å². The van der Waals surface area contributed by atoms with Crippen molar-refractivity contribution in [2.45, 2.75) is 26.4 Å². The first-order chi connectivity index (χ1) is 8.49. The Morgan fingerprint density at radius 2 is 2.28 bits per heavy atom. The minimum absolute atomic E-state index is 0.190. The van der Waals surface area contributed by atoms with Crippen LogP contribution in [0.25, 0.3) is 0 Å². The molecule has 0 radical (unpaired) electrons. The standard InChI is InChI=1S/C11H18N4O3/c1-8-5-13-15(7-8)4-3-12-6-10(11(17)18)14-9(2)16/h5,7,10,12H,3-4,6H2,1-2H3,(H,14,16)(H,17,18). The minimum atomic E-state index is -1.05. The van der Waals surface area contributed by atoms with Gasteiger partial charge in [-0.3, -0.25) is 9.48 Å². The first-order valence-electron chi connectivity index (χ1n) is 5.68. The summed E-state index contributed by atoms with van der Waals surface area (Å²) in [6, 6.07) is -0.901. The highest BCUT2D eigenvalue weighted by molar-refractivity contribution is 5.82. The summed E-state index contributed by atoms with van der Waals surface area (Å²) in [7, 11) is 0. The van der Waals surface area contributed by atoms with E-state index in [-0.39, 0.29) is 12.5 Å². The molecular formula is C11H18N4O3. The molecule has 1 rings (SSSR count). The molecule has 1 amide bonds. The van der Waals surface area contributed by atoms with Crippen molar-refractivity contribution in [3.8, 4) is 0 Å². The van der Waals surface area contributed by atoms with Crippen LogP contribution in [0.2, 0.25) is 0 Å². The maximum absolute atomic E-state index is 10.8. The van der Waals surface area contributed by atoms with Gasteiger partial charge in [0.15, 0.2) is 0 Å². The second-order valence-electron chi connectivity index (χ2n) is 4.08. The van der Waals surface area contributed by atoms with E-state index in [2.05, 4.69) is 15.7 Å². The summed E-state index contributed by atoms with van der Waals surface area (Å²) in [5.41, 5.74) is 1.08. The van der Waals surface area contributed by atoms with Crippen molar-refractivity contribution in [3.05, 3.63) is 18.0 Å². The molecule has 7 heteroatoms. The van der Waals surface area contributed by atoms with E-state index >= 15 is 0 Å². The number of aryl methyl sites for hydroxylation is 1. The predicted molar refractivity (Wildman–Crippen MR) is 65.1 cm³/mol. The van der Waals surface area contributed by atoms with Crippen LogP contribution in [0.4, 0.5) is 0 Å². The van der Waals surface area contributed by atoms with Crippen molar-refractivity contribution in [3.63, 3.8) is 0 Å². The molecule has 18 heavy (non-hydrogen) atoms. The van der Waals surface area contributed by atoms with Gasteiger partial charge in [-0.05, 0) is 12.5 Å². The zero-order chi connectivity index (χ0) is 13.5. The van der Waals surface area contributed by atoms with Gasteiger partial charge in [0, 0.05) is 26.2 Å². The molecule has 1 aromatic heterocycles. The summed E-state index contributed by atoms with van der Waals surface area (Å²) >= 11 is 0. The monoisotopic (exact) mass is 254 g/mol. The normalized spacial score (nSPS) is 12.1. The summed E-state index contributed by atoms with van der Waals surface area (Å²) < 4.78 is 1.77. The van der Waals surface area contributed by atoms with Gasteiger partial charge >= 0.3 is 5.97 Å². The van der Waals surface area contributed by atoms with Crippen LogP contribution in [0, 0.1) is 6.92 Å². The SMILES string of the molecule is CC(=O)NC(CNCCn1cc(C)cn1)C(=O)O. The van der Waals surface area contributed by atoms with Crippen LogP contribution in [-0.2, 0) is 16.1 Å². The highest BCUT2D eigenvalue weighted by Crippen LogP contribution is 1.93. The first-order valence-corrected chi connectivity index (χ1v) is 5.68. The summed E-state index contributed by atoms with van der Waals surface area (Å²) in [5, 5.41) is 18.3. The summed E-state index contributed by atoms with van der Waals surface area (Å²) in [6.07, 6.45) is 3.67. The number of amides is 1. The molecule has 0 aromatic carbocycles. The van der Waals surface area contributed by atoms with Crippen LogP contribution in [0.3, 0.4) is 0 Å². The first kappa shape index (κ1) is 14.2. The molecule has 100 valence electrons. The molecule has 0 saturated carbocycles. The number of hydrogen-bond acceptors (Lipinski definition) is 4. The van der Waals surface area contributed by atoms with Crippen molar-refractivity contribution in [1.82, 2.24) is 20.4 Å². The fourth-order valence-corrected chi connectivity index (χ4v) is 1.47. The van der Waals surface area contributed by atoms with E-state index in [1.807, 2.05) is 13.1 Å².